The smallest absolute Gasteiger partial charge is 0.246 e. The molecule has 0 saturated carbocycles. The van der Waals surface area contributed by atoms with Gasteiger partial charge in [-0.05, 0) is 41.5 Å². The molecule has 2 atom stereocenters. The molecule has 2 amide bonds. The van der Waals surface area contributed by atoms with Crippen molar-refractivity contribution in [3.05, 3.63) is 79.2 Å². The zero-order valence-electron chi connectivity index (χ0n) is 17.8. The fraction of sp³-hybridized carbons (Fsp3) is 0.346. The molecule has 0 N–H and O–H groups in total. The molecule has 2 aromatic rings. The molecule has 1 saturated heterocycles. The van der Waals surface area contributed by atoms with Crippen molar-refractivity contribution >= 4 is 11.8 Å². The van der Waals surface area contributed by atoms with Crippen molar-refractivity contribution in [1.29, 1.82) is 0 Å². The third kappa shape index (κ3) is 4.93. The molecule has 1 aromatic heterocycles. The summed E-state index contributed by atoms with van der Waals surface area (Å²) in [5.41, 5.74) is 3.14. The first-order valence-corrected chi connectivity index (χ1v) is 11.0. The number of nitrogens with zero attached hydrogens (tertiary/aromatic N) is 3. The molecule has 0 unspecified atom stereocenters. The standard InChI is InChI=1S/C26H29N3O2/c1-2-13-28-14-15-29(25(30)18-20-7-3-4-8-20)24(26(28)31)17-21-9-5-10-22(16-21)23-11-6-12-27-19-23/h2-3,5-7,9-12,16,19-20,24H,1,4,8,13-15,17-18H2/t20-,24+/m0/s1. The van der Waals surface area contributed by atoms with Gasteiger partial charge in [0.25, 0.3) is 0 Å². The summed E-state index contributed by atoms with van der Waals surface area (Å²) in [6.07, 6.45) is 12.7. The summed E-state index contributed by atoms with van der Waals surface area (Å²) in [4.78, 5) is 34.3. The molecule has 1 aliphatic heterocycles. The average Bonchev–Trinajstić information content (AvgIpc) is 3.30. The summed E-state index contributed by atoms with van der Waals surface area (Å²) in [7, 11) is 0. The lowest BCUT2D eigenvalue weighted by Crippen LogP contribution is -2.59. The third-order valence-corrected chi connectivity index (χ3v) is 6.15. The van der Waals surface area contributed by atoms with Crippen LogP contribution in [-0.4, -0.2) is 52.3 Å². The Morgan fingerprint density at radius 2 is 2.06 bits per heavy atom. The molecule has 0 radical (unpaired) electrons. The molecule has 2 heterocycles. The number of allylic oxidation sites excluding steroid dienone is 2. The number of carbonyl (C=O) groups is 2. The van der Waals surface area contributed by atoms with Gasteiger partial charge in [-0.15, -0.1) is 6.58 Å². The van der Waals surface area contributed by atoms with Crippen LogP contribution >= 0.6 is 0 Å². The zero-order chi connectivity index (χ0) is 21.6. The predicted octanol–water partition coefficient (Wildman–Crippen LogP) is 3.87. The van der Waals surface area contributed by atoms with Gasteiger partial charge in [-0.1, -0.05) is 48.6 Å². The summed E-state index contributed by atoms with van der Waals surface area (Å²) in [5.74, 6) is 0.383. The van der Waals surface area contributed by atoms with Gasteiger partial charge in [-0.2, -0.15) is 0 Å². The molecule has 1 aliphatic carbocycles. The highest BCUT2D eigenvalue weighted by Crippen LogP contribution is 2.25. The van der Waals surface area contributed by atoms with E-state index in [1.807, 2.05) is 46.3 Å². The van der Waals surface area contributed by atoms with E-state index >= 15 is 0 Å². The summed E-state index contributed by atoms with van der Waals surface area (Å²) in [5, 5.41) is 0. The second-order valence-electron chi connectivity index (χ2n) is 8.29. The number of carbonyl (C=O) groups excluding carboxylic acids is 2. The fourth-order valence-electron chi connectivity index (χ4n) is 4.51. The van der Waals surface area contributed by atoms with Crippen LogP contribution in [0.2, 0.25) is 0 Å². The molecule has 1 aromatic carbocycles. The molecule has 31 heavy (non-hydrogen) atoms. The van der Waals surface area contributed by atoms with Crippen LogP contribution in [0.15, 0.2) is 73.6 Å². The van der Waals surface area contributed by atoms with Crippen LogP contribution in [0.1, 0.15) is 24.8 Å². The van der Waals surface area contributed by atoms with Crippen molar-refractivity contribution in [2.24, 2.45) is 5.92 Å². The van der Waals surface area contributed by atoms with Gasteiger partial charge in [0.1, 0.15) is 6.04 Å². The van der Waals surface area contributed by atoms with Gasteiger partial charge in [0.15, 0.2) is 0 Å². The van der Waals surface area contributed by atoms with Crippen LogP contribution in [0.25, 0.3) is 11.1 Å². The number of hydrogen-bond acceptors (Lipinski definition) is 3. The van der Waals surface area contributed by atoms with E-state index in [1.165, 1.54) is 0 Å². The minimum atomic E-state index is -0.476. The molecular formula is C26H29N3O2. The highest BCUT2D eigenvalue weighted by molar-refractivity contribution is 5.89. The Morgan fingerprint density at radius 1 is 1.19 bits per heavy atom. The van der Waals surface area contributed by atoms with Crippen molar-refractivity contribution in [2.45, 2.75) is 31.7 Å². The van der Waals surface area contributed by atoms with E-state index in [4.69, 9.17) is 0 Å². The van der Waals surface area contributed by atoms with E-state index in [1.54, 1.807) is 12.3 Å². The Balaban J connectivity index is 1.56. The average molecular weight is 416 g/mol. The van der Waals surface area contributed by atoms with E-state index in [-0.39, 0.29) is 11.8 Å². The molecule has 5 nitrogen and oxygen atoms in total. The Labute approximate surface area is 184 Å². The van der Waals surface area contributed by atoms with Crippen molar-refractivity contribution < 1.29 is 9.59 Å². The molecule has 5 heteroatoms. The zero-order valence-corrected chi connectivity index (χ0v) is 17.8. The Hall–Kier alpha value is -3.21. The summed E-state index contributed by atoms with van der Waals surface area (Å²) in [6, 6.07) is 11.6. The number of amides is 2. The largest absolute Gasteiger partial charge is 0.335 e. The maximum absolute atomic E-state index is 13.3. The lowest BCUT2D eigenvalue weighted by atomic mass is 9.96. The van der Waals surface area contributed by atoms with Crippen LogP contribution < -0.4 is 0 Å². The monoisotopic (exact) mass is 415 g/mol. The third-order valence-electron chi connectivity index (χ3n) is 6.15. The van der Waals surface area contributed by atoms with Crippen molar-refractivity contribution in [3.8, 4) is 11.1 Å². The van der Waals surface area contributed by atoms with Gasteiger partial charge in [-0.3, -0.25) is 14.6 Å². The Kier molecular flexibility index (Phi) is 6.60. The lowest BCUT2D eigenvalue weighted by molar-refractivity contribution is -0.151. The molecule has 1 fully saturated rings. The second kappa shape index (κ2) is 9.73. The highest BCUT2D eigenvalue weighted by Gasteiger charge is 2.37. The molecular weight excluding hydrogens is 386 g/mol. The van der Waals surface area contributed by atoms with Gasteiger partial charge in [0, 0.05) is 44.9 Å². The van der Waals surface area contributed by atoms with Crippen LogP contribution in [0.3, 0.4) is 0 Å². The van der Waals surface area contributed by atoms with Crippen LogP contribution in [0.4, 0.5) is 0 Å². The number of rotatable bonds is 7. The second-order valence-corrected chi connectivity index (χ2v) is 8.29. The van der Waals surface area contributed by atoms with Gasteiger partial charge in [0.2, 0.25) is 11.8 Å². The molecule has 0 spiro atoms. The summed E-state index contributed by atoms with van der Waals surface area (Å²) < 4.78 is 0. The van der Waals surface area contributed by atoms with E-state index in [0.717, 1.165) is 29.5 Å². The molecule has 4 rings (SSSR count). The quantitative estimate of drug-likeness (QED) is 0.645. The van der Waals surface area contributed by atoms with Crippen LogP contribution in [0, 0.1) is 5.92 Å². The maximum Gasteiger partial charge on any atom is 0.246 e. The lowest BCUT2D eigenvalue weighted by Gasteiger charge is -2.41. The first-order valence-electron chi connectivity index (χ1n) is 11.0. The molecule has 0 bridgehead atoms. The number of aromatic nitrogens is 1. The molecule has 160 valence electrons. The fourth-order valence-corrected chi connectivity index (χ4v) is 4.51. The van der Waals surface area contributed by atoms with E-state index in [0.29, 0.717) is 38.4 Å². The van der Waals surface area contributed by atoms with Gasteiger partial charge >= 0.3 is 0 Å². The van der Waals surface area contributed by atoms with Crippen molar-refractivity contribution in [1.82, 2.24) is 14.8 Å². The first kappa shape index (κ1) is 21.0. The number of benzene rings is 1. The number of hydrogen-bond donors (Lipinski definition) is 0. The van der Waals surface area contributed by atoms with Gasteiger partial charge in [0.05, 0.1) is 0 Å². The van der Waals surface area contributed by atoms with E-state index < -0.39 is 6.04 Å². The van der Waals surface area contributed by atoms with Crippen LogP contribution in [0.5, 0.6) is 0 Å². The predicted molar refractivity (Wildman–Crippen MR) is 122 cm³/mol. The highest BCUT2D eigenvalue weighted by atomic mass is 16.2. The van der Waals surface area contributed by atoms with Gasteiger partial charge < -0.3 is 9.80 Å². The summed E-state index contributed by atoms with van der Waals surface area (Å²) in [6.45, 7) is 5.42. The van der Waals surface area contributed by atoms with Gasteiger partial charge in [-0.25, -0.2) is 0 Å². The summed E-state index contributed by atoms with van der Waals surface area (Å²) >= 11 is 0. The minimum Gasteiger partial charge on any atom is -0.335 e. The van der Waals surface area contributed by atoms with Crippen LogP contribution in [-0.2, 0) is 16.0 Å². The molecule has 2 aliphatic rings. The first-order chi connectivity index (χ1) is 15.2. The maximum atomic E-state index is 13.3. The van der Waals surface area contributed by atoms with Crippen molar-refractivity contribution in [2.75, 3.05) is 19.6 Å². The Morgan fingerprint density at radius 3 is 2.81 bits per heavy atom. The Bertz CT molecular complexity index is 970. The van der Waals surface area contributed by atoms with Crippen molar-refractivity contribution in [3.63, 3.8) is 0 Å². The van der Waals surface area contributed by atoms with E-state index in [9.17, 15) is 9.59 Å². The number of piperazine rings is 1. The van der Waals surface area contributed by atoms with E-state index in [2.05, 4.69) is 29.8 Å². The minimum absolute atomic E-state index is 0.00763. The normalized spacial score (nSPS) is 20.8. The SMILES string of the molecule is C=CCN1CCN(C(=O)C[C@H]2C=CCC2)[C@H](Cc2cccc(-c3cccnc3)c2)C1=O. The topological polar surface area (TPSA) is 53.5 Å². The number of pyridine rings is 1.